The second-order valence-electron chi connectivity index (χ2n) is 6.34. The number of ether oxygens (including phenoxy) is 2. The highest BCUT2D eigenvalue weighted by Crippen LogP contribution is 2.41. The van der Waals surface area contributed by atoms with E-state index in [1.54, 1.807) is 24.3 Å². The number of methoxy groups -OCH3 is 1. The van der Waals surface area contributed by atoms with Crippen molar-refractivity contribution in [2.24, 2.45) is 4.99 Å². The maximum absolute atomic E-state index is 14.5. The van der Waals surface area contributed by atoms with Gasteiger partial charge in [-0.3, -0.25) is 4.98 Å². The molecule has 0 spiro atoms. The molecular formula is C21H15ClF2N2O2. The molecule has 0 fully saturated rings. The minimum atomic E-state index is -0.904. The zero-order valence-electron chi connectivity index (χ0n) is 14.8. The monoisotopic (exact) mass is 400 g/mol. The summed E-state index contributed by atoms with van der Waals surface area (Å²) in [5, 5.41) is 0.429. The fourth-order valence-corrected chi connectivity index (χ4v) is 3.55. The van der Waals surface area contributed by atoms with E-state index in [4.69, 9.17) is 21.1 Å². The molecular weight excluding hydrogens is 386 g/mol. The fraction of sp³-hybridized carbons (Fsp3) is 0.143. The van der Waals surface area contributed by atoms with Crippen molar-refractivity contribution in [2.75, 3.05) is 13.7 Å². The molecule has 3 aromatic rings. The largest absolute Gasteiger partial charge is 0.495 e. The number of aliphatic imine (C=N–C) groups is 1. The number of aromatic nitrogens is 1. The van der Waals surface area contributed by atoms with Crippen LogP contribution in [0.1, 0.15) is 11.1 Å². The first-order valence-electron chi connectivity index (χ1n) is 8.44. The van der Waals surface area contributed by atoms with Gasteiger partial charge >= 0.3 is 0 Å². The molecule has 1 aliphatic heterocycles. The molecule has 7 heteroatoms. The molecule has 0 amide bonds. The Balaban J connectivity index is 1.87. The van der Waals surface area contributed by atoms with E-state index < -0.39 is 17.2 Å². The molecule has 4 rings (SSSR count). The van der Waals surface area contributed by atoms with Crippen molar-refractivity contribution in [1.29, 1.82) is 0 Å². The molecule has 1 atom stereocenters. The lowest BCUT2D eigenvalue weighted by molar-refractivity contribution is 0.289. The zero-order chi connectivity index (χ0) is 19.7. The number of halogens is 3. The molecule has 1 unspecified atom stereocenters. The molecule has 2 heterocycles. The third-order valence-corrected chi connectivity index (χ3v) is 5.02. The second kappa shape index (κ2) is 7.20. The van der Waals surface area contributed by atoms with Gasteiger partial charge in [-0.15, -0.1) is 0 Å². The summed E-state index contributed by atoms with van der Waals surface area (Å²) in [6, 6.07) is 11.2. The average Bonchev–Trinajstić information content (AvgIpc) is 3.19. The zero-order valence-corrected chi connectivity index (χ0v) is 15.6. The van der Waals surface area contributed by atoms with Gasteiger partial charge in [-0.1, -0.05) is 23.7 Å². The van der Waals surface area contributed by atoms with E-state index in [0.29, 0.717) is 21.9 Å². The van der Waals surface area contributed by atoms with Crippen LogP contribution in [0.4, 0.5) is 8.78 Å². The van der Waals surface area contributed by atoms with Gasteiger partial charge < -0.3 is 9.47 Å². The van der Waals surface area contributed by atoms with Gasteiger partial charge in [0.1, 0.15) is 29.5 Å². The molecule has 2 aromatic carbocycles. The molecule has 0 radical (unpaired) electrons. The first-order valence-corrected chi connectivity index (χ1v) is 8.81. The summed E-state index contributed by atoms with van der Waals surface area (Å²) in [5.41, 5.74) is 1.11. The van der Waals surface area contributed by atoms with Gasteiger partial charge in [-0.25, -0.2) is 13.8 Å². The van der Waals surface area contributed by atoms with Crippen molar-refractivity contribution < 1.29 is 18.3 Å². The predicted molar refractivity (Wildman–Crippen MR) is 103 cm³/mol. The highest BCUT2D eigenvalue weighted by molar-refractivity contribution is 6.32. The SMILES string of the molecule is COc1ccc(C2(c3ccc(F)c(-c4cncc(F)c4)c3)COC=N2)cc1Cl. The molecule has 1 aromatic heterocycles. The summed E-state index contributed by atoms with van der Waals surface area (Å²) in [6.07, 6.45) is 3.85. The maximum Gasteiger partial charge on any atom is 0.170 e. The molecule has 1 aliphatic rings. The van der Waals surface area contributed by atoms with Crippen LogP contribution in [-0.4, -0.2) is 25.1 Å². The van der Waals surface area contributed by atoms with E-state index in [-0.39, 0.29) is 12.2 Å². The van der Waals surface area contributed by atoms with Gasteiger partial charge in [-0.05, 0) is 41.5 Å². The normalized spacial score (nSPS) is 18.1. The lowest BCUT2D eigenvalue weighted by atomic mass is 9.83. The topological polar surface area (TPSA) is 43.7 Å². The van der Waals surface area contributed by atoms with E-state index >= 15 is 0 Å². The van der Waals surface area contributed by atoms with Crippen LogP contribution in [0.5, 0.6) is 5.75 Å². The predicted octanol–water partition coefficient (Wildman–Crippen LogP) is 4.99. The molecule has 0 saturated heterocycles. The number of hydrogen-bond acceptors (Lipinski definition) is 4. The lowest BCUT2D eigenvalue weighted by Crippen LogP contribution is -2.27. The third-order valence-electron chi connectivity index (χ3n) is 4.73. The van der Waals surface area contributed by atoms with Crippen molar-refractivity contribution >= 4 is 18.0 Å². The number of benzene rings is 2. The Morgan fingerprint density at radius 2 is 1.86 bits per heavy atom. The molecule has 0 bridgehead atoms. The smallest absolute Gasteiger partial charge is 0.170 e. The molecule has 0 aliphatic carbocycles. The first kappa shape index (κ1) is 18.4. The quantitative estimate of drug-likeness (QED) is 0.619. The molecule has 28 heavy (non-hydrogen) atoms. The Kier molecular flexibility index (Phi) is 4.73. The van der Waals surface area contributed by atoms with Gasteiger partial charge in [0, 0.05) is 17.3 Å². The highest BCUT2D eigenvalue weighted by atomic mass is 35.5. The minimum absolute atomic E-state index is 0.224. The Labute approximate surface area is 165 Å². The Bertz CT molecular complexity index is 1070. The van der Waals surface area contributed by atoms with Crippen LogP contribution in [0.3, 0.4) is 0 Å². The average molecular weight is 401 g/mol. The molecule has 0 saturated carbocycles. The summed E-state index contributed by atoms with van der Waals surface area (Å²) in [7, 11) is 1.53. The maximum atomic E-state index is 14.5. The van der Waals surface area contributed by atoms with Crippen LogP contribution in [0.2, 0.25) is 5.02 Å². The van der Waals surface area contributed by atoms with Crippen molar-refractivity contribution in [3.05, 3.63) is 82.6 Å². The third kappa shape index (κ3) is 3.10. The van der Waals surface area contributed by atoms with E-state index in [0.717, 1.165) is 11.8 Å². The van der Waals surface area contributed by atoms with Crippen LogP contribution < -0.4 is 4.74 Å². The van der Waals surface area contributed by atoms with Crippen LogP contribution in [0, 0.1) is 11.6 Å². The van der Waals surface area contributed by atoms with Crippen molar-refractivity contribution in [3.63, 3.8) is 0 Å². The van der Waals surface area contributed by atoms with E-state index in [9.17, 15) is 8.78 Å². The standard InChI is InChI=1S/C21H15ClF2N2O2/c1-27-20-5-3-15(8-18(20)22)21(11-28-12-26-21)14-2-4-19(24)17(7-14)13-6-16(23)10-25-9-13/h2-10,12H,11H2,1H3. The Hall–Kier alpha value is -2.99. The van der Waals surface area contributed by atoms with Gasteiger partial charge in [0.25, 0.3) is 0 Å². The number of pyridine rings is 1. The van der Waals surface area contributed by atoms with Gasteiger partial charge in [0.2, 0.25) is 0 Å². The Morgan fingerprint density at radius 1 is 1.07 bits per heavy atom. The Morgan fingerprint density at radius 3 is 2.54 bits per heavy atom. The first-order chi connectivity index (χ1) is 13.5. The molecule has 4 nitrogen and oxygen atoms in total. The van der Waals surface area contributed by atoms with Crippen LogP contribution >= 0.6 is 11.6 Å². The van der Waals surface area contributed by atoms with Gasteiger partial charge in [0.05, 0.1) is 18.3 Å². The fourth-order valence-electron chi connectivity index (χ4n) is 3.29. The second-order valence-corrected chi connectivity index (χ2v) is 6.75. The number of hydrogen-bond donors (Lipinski definition) is 0. The van der Waals surface area contributed by atoms with E-state index in [1.807, 2.05) is 6.07 Å². The molecule has 142 valence electrons. The van der Waals surface area contributed by atoms with Crippen molar-refractivity contribution in [3.8, 4) is 16.9 Å². The summed E-state index contributed by atoms with van der Waals surface area (Å²) in [6.45, 7) is 0.224. The summed E-state index contributed by atoms with van der Waals surface area (Å²) in [5.74, 6) is -0.489. The van der Waals surface area contributed by atoms with Crippen LogP contribution in [0.15, 0.2) is 59.9 Å². The lowest BCUT2D eigenvalue weighted by Gasteiger charge is -2.26. The van der Waals surface area contributed by atoms with Crippen molar-refractivity contribution in [2.45, 2.75) is 5.54 Å². The number of rotatable bonds is 4. The summed E-state index contributed by atoms with van der Waals surface area (Å²) < 4.78 is 38.7. The summed E-state index contributed by atoms with van der Waals surface area (Å²) >= 11 is 6.30. The van der Waals surface area contributed by atoms with Crippen molar-refractivity contribution in [1.82, 2.24) is 4.98 Å². The number of nitrogens with zero attached hydrogens (tertiary/aromatic N) is 2. The highest BCUT2D eigenvalue weighted by Gasteiger charge is 2.38. The van der Waals surface area contributed by atoms with Crippen LogP contribution in [-0.2, 0) is 10.3 Å². The molecule has 0 N–H and O–H groups in total. The van der Waals surface area contributed by atoms with E-state index in [2.05, 4.69) is 9.98 Å². The van der Waals surface area contributed by atoms with Gasteiger partial charge in [-0.2, -0.15) is 0 Å². The van der Waals surface area contributed by atoms with E-state index in [1.165, 1.54) is 31.8 Å². The van der Waals surface area contributed by atoms with Crippen LogP contribution in [0.25, 0.3) is 11.1 Å². The van der Waals surface area contributed by atoms with Gasteiger partial charge in [0.15, 0.2) is 6.40 Å². The minimum Gasteiger partial charge on any atom is -0.495 e. The summed E-state index contributed by atoms with van der Waals surface area (Å²) in [4.78, 5) is 8.34.